The van der Waals surface area contributed by atoms with Crippen molar-refractivity contribution in [1.82, 2.24) is 4.98 Å². The minimum Gasteiger partial charge on any atom is -0.390 e. The first-order valence-corrected chi connectivity index (χ1v) is 6.71. The number of anilines is 1. The summed E-state index contributed by atoms with van der Waals surface area (Å²) in [6.07, 6.45) is 0. The summed E-state index contributed by atoms with van der Waals surface area (Å²) in [4.78, 5) is 4.48. The van der Waals surface area contributed by atoms with Gasteiger partial charge < -0.3 is 5.11 Å². The van der Waals surface area contributed by atoms with Crippen molar-refractivity contribution in [3.63, 3.8) is 0 Å². The van der Waals surface area contributed by atoms with Gasteiger partial charge in [0.05, 0.1) is 17.8 Å². The molecule has 0 radical (unpaired) electrons. The number of hydrogen-bond donors (Lipinski definition) is 2. The maximum atomic E-state index is 9.44. The molecular formula is C17H15N3O. The molecule has 0 aliphatic heterocycles. The smallest absolute Gasteiger partial charge is 0.146 e. The molecule has 0 aliphatic rings. The third-order valence-corrected chi connectivity index (χ3v) is 3.16. The highest BCUT2D eigenvalue weighted by Crippen LogP contribution is 2.14. The number of nitrogens with zero attached hydrogens (tertiary/aromatic N) is 2. The molecule has 4 heteroatoms. The predicted molar refractivity (Wildman–Crippen MR) is 85.4 cm³/mol. The number of rotatable bonds is 4. The summed E-state index contributed by atoms with van der Waals surface area (Å²) in [7, 11) is 0. The number of fused-ring (bicyclic) bond motifs is 1. The van der Waals surface area contributed by atoms with Gasteiger partial charge in [-0.05, 0) is 18.2 Å². The van der Waals surface area contributed by atoms with Crippen LogP contribution in [0.1, 0.15) is 5.56 Å². The molecule has 0 saturated carbocycles. The molecule has 0 bridgehead atoms. The van der Waals surface area contributed by atoms with Crippen LogP contribution >= 0.6 is 0 Å². The van der Waals surface area contributed by atoms with E-state index in [2.05, 4.69) is 15.5 Å². The van der Waals surface area contributed by atoms with E-state index >= 15 is 0 Å². The summed E-state index contributed by atoms with van der Waals surface area (Å²) in [5, 5.41) is 14.8. The first kappa shape index (κ1) is 13.3. The Kier molecular flexibility index (Phi) is 3.89. The van der Waals surface area contributed by atoms with Gasteiger partial charge in [0, 0.05) is 10.9 Å². The van der Waals surface area contributed by atoms with Gasteiger partial charge in [-0.2, -0.15) is 5.10 Å². The van der Waals surface area contributed by atoms with Crippen LogP contribution in [0.3, 0.4) is 0 Å². The Balaban J connectivity index is 1.85. The molecule has 0 fully saturated rings. The number of benzene rings is 2. The van der Waals surface area contributed by atoms with Gasteiger partial charge in [-0.25, -0.2) is 4.98 Å². The number of hydrogen-bond acceptors (Lipinski definition) is 4. The van der Waals surface area contributed by atoms with Gasteiger partial charge in [0.15, 0.2) is 0 Å². The lowest BCUT2D eigenvalue weighted by Crippen LogP contribution is -2.09. The number of para-hydroxylation sites is 1. The molecule has 0 aliphatic carbocycles. The van der Waals surface area contributed by atoms with E-state index in [4.69, 9.17) is 0 Å². The molecule has 3 rings (SSSR count). The molecule has 0 amide bonds. The summed E-state index contributed by atoms with van der Waals surface area (Å²) in [6, 6.07) is 21.3. The van der Waals surface area contributed by atoms with Gasteiger partial charge >= 0.3 is 0 Å². The van der Waals surface area contributed by atoms with Gasteiger partial charge in [0.25, 0.3) is 0 Å². The van der Waals surface area contributed by atoms with E-state index in [1.165, 1.54) is 0 Å². The second-order valence-electron chi connectivity index (χ2n) is 4.58. The third kappa shape index (κ3) is 3.07. The zero-order valence-corrected chi connectivity index (χ0v) is 11.4. The molecule has 2 aromatic carbocycles. The average molecular weight is 277 g/mol. The molecular weight excluding hydrogens is 262 g/mol. The zero-order valence-electron chi connectivity index (χ0n) is 11.4. The molecule has 4 nitrogen and oxygen atoms in total. The maximum Gasteiger partial charge on any atom is 0.146 e. The fraction of sp³-hybridized carbons (Fsp3) is 0.0588. The lowest BCUT2D eigenvalue weighted by atomic mass is 10.1. The lowest BCUT2D eigenvalue weighted by Gasteiger charge is -2.05. The standard InChI is InChI=1S/C17H15N3O/c21-12-16(13-6-2-1-3-7-13)19-20-17-11-10-14-8-4-5-9-15(14)18-17/h1-11,21H,12H2,(H,18,20). The van der Waals surface area contributed by atoms with Gasteiger partial charge in [-0.15, -0.1) is 0 Å². The van der Waals surface area contributed by atoms with Crippen molar-refractivity contribution in [3.8, 4) is 0 Å². The molecule has 1 heterocycles. The van der Waals surface area contributed by atoms with E-state index < -0.39 is 0 Å². The Labute approximate surface area is 122 Å². The Morgan fingerprint density at radius 2 is 1.71 bits per heavy atom. The number of aliphatic hydroxyl groups is 1. The summed E-state index contributed by atoms with van der Waals surface area (Å²) in [6.45, 7) is -0.134. The van der Waals surface area contributed by atoms with E-state index in [9.17, 15) is 5.11 Å². The van der Waals surface area contributed by atoms with Crippen LogP contribution in [-0.4, -0.2) is 22.4 Å². The molecule has 1 aromatic heterocycles. The molecule has 21 heavy (non-hydrogen) atoms. The fourth-order valence-corrected chi connectivity index (χ4v) is 2.07. The number of aliphatic hydroxyl groups excluding tert-OH is 1. The van der Waals surface area contributed by atoms with Crippen LogP contribution in [0.4, 0.5) is 5.82 Å². The van der Waals surface area contributed by atoms with Crippen molar-refractivity contribution in [1.29, 1.82) is 0 Å². The Morgan fingerprint density at radius 1 is 0.952 bits per heavy atom. The SMILES string of the molecule is OCC(=NNc1ccc2ccccc2n1)c1ccccc1. The van der Waals surface area contributed by atoms with E-state index in [-0.39, 0.29) is 6.61 Å². The molecule has 104 valence electrons. The Hall–Kier alpha value is -2.72. The van der Waals surface area contributed by atoms with Crippen molar-refractivity contribution >= 4 is 22.4 Å². The predicted octanol–water partition coefficient (Wildman–Crippen LogP) is 3.04. The minimum atomic E-state index is -0.134. The minimum absolute atomic E-state index is 0.134. The quantitative estimate of drug-likeness (QED) is 0.569. The summed E-state index contributed by atoms with van der Waals surface area (Å²) < 4.78 is 0. The first-order valence-electron chi connectivity index (χ1n) is 6.71. The van der Waals surface area contributed by atoms with E-state index in [0.717, 1.165) is 16.5 Å². The van der Waals surface area contributed by atoms with Crippen LogP contribution in [-0.2, 0) is 0 Å². The highest BCUT2D eigenvalue weighted by atomic mass is 16.3. The van der Waals surface area contributed by atoms with Crippen molar-refractivity contribution < 1.29 is 5.11 Å². The molecule has 0 atom stereocenters. The summed E-state index contributed by atoms with van der Waals surface area (Å²) >= 11 is 0. The van der Waals surface area contributed by atoms with Crippen molar-refractivity contribution in [3.05, 3.63) is 72.3 Å². The van der Waals surface area contributed by atoms with Crippen molar-refractivity contribution in [2.24, 2.45) is 5.10 Å². The number of pyridine rings is 1. The molecule has 0 unspecified atom stereocenters. The van der Waals surface area contributed by atoms with Gasteiger partial charge in [0.1, 0.15) is 5.82 Å². The molecule has 2 N–H and O–H groups in total. The van der Waals surface area contributed by atoms with Gasteiger partial charge in [0.2, 0.25) is 0 Å². The maximum absolute atomic E-state index is 9.44. The van der Waals surface area contributed by atoms with Crippen LogP contribution in [0.25, 0.3) is 10.9 Å². The molecule has 0 saturated heterocycles. The van der Waals surface area contributed by atoms with Crippen LogP contribution in [0.2, 0.25) is 0 Å². The monoisotopic (exact) mass is 277 g/mol. The largest absolute Gasteiger partial charge is 0.390 e. The highest BCUT2D eigenvalue weighted by Gasteiger charge is 2.02. The lowest BCUT2D eigenvalue weighted by molar-refractivity contribution is 0.357. The van der Waals surface area contributed by atoms with Crippen LogP contribution < -0.4 is 5.43 Å². The topological polar surface area (TPSA) is 57.5 Å². The van der Waals surface area contributed by atoms with E-state index in [1.807, 2.05) is 66.7 Å². The van der Waals surface area contributed by atoms with Crippen LogP contribution in [0.5, 0.6) is 0 Å². The van der Waals surface area contributed by atoms with Gasteiger partial charge in [-0.1, -0.05) is 48.5 Å². The van der Waals surface area contributed by atoms with Crippen LogP contribution in [0.15, 0.2) is 71.8 Å². The summed E-state index contributed by atoms with van der Waals surface area (Å²) in [5.41, 5.74) is 5.27. The highest BCUT2D eigenvalue weighted by molar-refractivity contribution is 6.01. The molecule has 3 aromatic rings. The number of nitrogens with one attached hydrogen (secondary N) is 1. The second kappa shape index (κ2) is 6.15. The van der Waals surface area contributed by atoms with Crippen LogP contribution in [0, 0.1) is 0 Å². The van der Waals surface area contributed by atoms with Crippen molar-refractivity contribution in [2.75, 3.05) is 12.0 Å². The second-order valence-corrected chi connectivity index (χ2v) is 4.58. The Morgan fingerprint density at radius 3 is 2.52 bits per heavy atom. The van der Waals surface area contributed by atoms with Gasteiger partial charge in [-0.3, -0.25) is 5.43 Å². The summed E-state index contributed by atoms with van der Waals surface area (Å²) in [5.74, 6) is 0.649. The molecule has 0 spiro atoms. The average Bonchev–Trinajstić information content (AvgIpc) is 2.56. The van der Waals surface area contributed by atoms with Crippen molar-refractivity contribution in [2.45, 2.75) is 0 Å². The van der Waals surface area contributed by atoms with E-state index in [1.54, 1.807) is 0 Å². The third-order valence-electron chi connectivity index (χ3n) is 3.16. The number of aromatic nitrogens is 1. The van der Waals surface area contributed by atoms with E-state index in [0.29, 0.717) is 11.5 Å². The Bertz CT molecular complexity index is 769. The fourth-order valence-electron chi connectivity index (χ4n) is 2.07. The first-order chi connectivity index (χ1) is 10.4. The number of hydrazone groups is 1. The zero-order chi connectivity index (χ0) is 14.5. The normalized spacial score (nSPS) is 11.6.